The molecule has 2 heterocycles. The van der Waals surface area contributed by atoms with Crippen LogP contribution in [-0.2, 0) is 16.1 Å². The normalized spacial score (nSPS) is 14.4. The molecule has 0 saturated carbocycles. The zero-order chi connectivity index (χ0) is 18.8. The van der Waals surface area contributed by atoms with E-state index in [9.17, 15) is 9.59 Å². The minimum atomic E-state index is -0.124. The Hall–Kier alpha value is -2.47. The standard InChI is InChI=1S/C20H23N3O2S/c1-13-5-6-14(2)17(11-13)23-19(24)8-7-16(21-23)20(25)22(4)12-18-15(3)9-10-26-18/h5-6,9-11H,7-8,12H2,1-4H3. The summed E-state index contributed by atoms with van der Waals surface area (Å²) in [6.07, 6.45) is 0.677. The lowest BCUT2D eigenvalue weighted by atomic mass is 10.1. The molecule has 1 aliphatic rings. The highest BCUT2D eigenvalue weighted by Crippen LogP contribution is 2.26. The zero-order valence-corrected chi connectivity index (χ0v) is 16.4. The summed E-state index contributed by atoms with van der Waals surface area (Å²) in [5, 5.41) is 7.84. The van der Waals surface area contributed by atoms with Crippen molar-refractivity contribution in [2.75, 3.05) is 12.1 Å². The molecule has 0 spiro atoms. The highest BCUT2D eigenvalue weighted by molar-refractivity contribution is 7.10. The topological polar surface area (TPSA) is 53.0 Å². The van der Waals surface area contributed by atoms with Gasteiger partial charge in [-0.15, -0.1) is 11.3 Å². The molecule has 26 heavy (non-hydrogen) atoms. The van der Waals surface area contributed by atoms with Gasteiger partial charge in [-0.2, -0.15) is 5.10 Å². The third-order valence-corrected chi connectivity index (χ3v) is 5.58. The maximum Gasteiger partial charge on any atom is 0.270 e. The van der Waals surface area contributed by atoms with Gasteiger partial charge in [-0.1, -0.05) is 12.1 Å². The average Bonchev–Trinajstić information content (AvgIpc) is 3.02. The molecular weight excluding hydrogens is 346 g/mol. The number of nitrogens with zero attached hydrogens (tertiary/aromatic N) is 3. The summed E-state index contributed by atoms with van der Waals surface area (Å²) in [5.74, 6) is -0.201. The summed E-state index contributed by atoms with van der Waals surface area (Å²) in [4.78, 5) is 28.1. The van der Waals surface area contributed by atoms with Crippen LogP contribution in [0.5, 0.6) is 0 Å². The van der Waals surface area contributed by atoms with Crippen LogP contribution in [0.15, 0.2) is 34.7 Å². The molecule has 2 amide bonds. The largest absolute Gasteiger partial charge is 0.335 e. The van der Waals surface area contributed by atoms with Crippen LogP contribution in [0.25, 0.3) is 0 Å². The van der Waals surface area contributed by atoms with Crippen LogP contribution in [0, 0.1) is 20.8 Å². The number of thiophene rings is 1. The highest BCUT2D eigenvalue weighted by Gasteiger charge is 2.28. The Kier molecular flexibility index (Phi) is 5.23. The zero-order valence-electron chi connectivity index (χ0n) is 15.6. The summed E-state index contributed by atoms with van der Waals surface area (Å²) in [5.41, 5.74) is 4.38. The lowest BCUT2D eigenvalue weighted by Gasteiger charge is -2.26. The fraction of sp³-hybridized carbons (Fsp3) is 0.350. The number of hydrogen-bond donors (Lipinski definition) is 0. The first-order chi connectivity index (χ1) is 12.4. The van der Waals surface area contributed by atoms with E-state index in [1.807, 2.05) is 44.4 Å². The van der Waals surface area contributed by atoms with Crippen molar-refractivity contribution < 1.29 is 9.59 Å². The SMILES string of the molecule is Cc1ccc(C)c(N2N=C(C(=O)N(C)Cc3sccc3C)CCC2=O)c1. The van der Waals surface area contributed by atoms with E-state index >= 15 is 0 Å². The summed E-state index contributed by atoms with van der Waals surface area (Å²) >= 11 is 1.65. The highest BCUT2D eigenvalue weighted by atomic mass is 32.1. The van der Waals surface area contributed by atoms with Gasteiger partial charge in [0.25, 0.3) is 5.91 Å². The van der Waals surface area contributed by atoms with Crippen LogP contribution >= 0.6 is 11.3 Å². The molecule has 0 atom stereocenters. The third kappa shape index (κ3) is 3.70. The van der Waals surface area contributed by atoms with Crippen molar-refractivity contribution >= 4 is 34.6 Å². The van der Waals surface area contributed by atoms with Gasteiger partial charge in [0, 0.05) is 24.8 Å². The molecule has 2 aromatic rings. The lowest BCUT2D eigenvalue weighted by Crippen LogP contribution is -2.40. The smallest absolute Gasteiger partial charge is 0.270 e. The van der Waals surface area contributed by atoms with Crippen molar-refractivity contribution in [3.63, 3.8) is 0 Å². The van der Waals surface area contributed by atoms with Gasteiger partial charge in [-0.3, -0.25) is 9.59 Å². The Bertz CT molecular complexity index is 885. The molecule has 0 N–H and O–H groups in total. The number of carbonyl (C=O) groups excluding carboxylic acids is 2. The van der Waals surface area contributed by atoms with E-state index in [4.69, 9.17) is 0 Å². The third-order valence-electron chi connectivity index (χ3n) is 4.57. The Morgan fingerprint density at radius 3 is 2.65 bits per heavy atom. The van der Waals surface area contributed by atoms with Crippen molar-refractivity contribution in [2.45, 2.75) is 40.2 Å². The Morgan fingerprint density at radius 2 is 1.96 bits per heavy atom. The molecule has 0 bridgehead atoms. The number of rotatable bonds is 4. The van der Waals surface area contributed by atoms with Crippen LogP contribution in [0.3, 0.4) is 0 Å². The quantitative estimate of drug-likeness (QED) is 0.823. The van der Waals surface area contributed by atoms with Gasteiger partial charge < -0.3 is 4.90 Å². The molecule has 1 aromatic heterocycles. The predicted molar refractivity (Wildman–Crippen MR) is 106 cm³/mol. The number of carbonyl (C=O) groups is 2. The maximum absolute atomic E-state index is 12.8. The van der Waals surface area contributed by atoms with Crippen molar-refractivity contribution in [3.05, 3.63) is 51.2 Å². The first-order valence-electron chi connectivity index (χ1n) is 8.63. The van der Waals surface area contributed by atoms with Crippen molar-refractivity contribution in [3.8, 4) is 0 Å². The Morgan fingerprint density at radius 1 is 1.19 bits per heavy atom. The number of amides is 2. The number of anilines is 1. The van der Waals surface area contributed by atoms with Crippen LogP contribution in [-0.4, -0.2) is 29.5 Å². The van der Waals surface area contributed by atoms with E-state index in [1.54, 1.807) is 23.3 Å². The minimum Gasteiger partial charge on any atom is -0.335 e. The second-order valence-electron chi connectivity index (χ2n) is 6.73. The van der Waals surface area contributed by atoms with Gasteiger partial charge in [0.2, 0.25) is 5.91 Å². The second kappa shape index (κ2) is 7.41. The molecule has 6 heteroatoms. The van der Waals surface area contributed by atoms with Crippen molar-refractivity contribution in [2.24, 2.45) is 5.10 Å². The summed E-state index contributed by atoms with van der Waals surface area (Å²) in [7, 11) is 1.78. The predicted octanol–water partition coefficient (Wildman–Crippen LogP) is 3.81. The first kappa shape index (κ1) is 18.3. The van der Waals surface area contributed by atoms with Gasteiger partial charge >= 0.3 is 0 Å². The van der Waals surface area contributed by atoms with E-state index in [0.717, 1.165) is 16.8 Å². The monoisotopic (exact) mass is 369 g/mol. The van der Waals surface area contributed by atoms with Gasteiger partial charge in [-0.05, 0) is 55.0 Å². The first-order valence-corrected chi connectivity index (χ1v) is 9.51. The number of aryl methyl sites for hydroxylation is 3. The molecule has 0 aliphatic carbocycles. The van der Waals surface area contributed by atoms with Crippen LogP contribution in [0.4, 0.5) is 5.69 Å². The van der Waals surface area contributed by atoms with Crippen molar-refractivity contribution in [1.29, 1.82) is 0 Å². The van der Waals surface area contributed by atoms with E-state index in [0.29, 0.717) is 25.1 Å². The molecule has 3 rings (SSSR count). The summed E-state index contributed by atoms with van der Waals surface area (Å²) in [6, 6.07) is 7.95. The van der Waals surface area contributed by atoms with E-state index in [-0.39, 0.29) is 11.8 Å². The average molecular weight is 369 g/mol. The van der Waals surface area contributed by atoms with Crippen LogP contribution in [0.2, 0.25) is 0 Å². The van der Waals surface area contributed by atoms with E-state index in [1.165, 1.54) is 15.4 Å². The molecule has 136 valence electrons. The summed E-state index contributed by atoms with van der Waals surface area (Å²) in [6.45, 7) is 6.52. The molecule has 0 fully saturated rings. The maximum atomic E-state index is 12.8. The van der Waals surface area contributed by atoms with Gasteiger partial charge in [0.05, 0.1) is 12.2 Å². The van der Waals surface area contributed by atoms with E-state index in [2.05, 4.69) is 11.2 Å². The number of benzene rings is 1. The fourth-order valence-electron chi connectivity index (χ4n) is 2.92. The Balaban J connectivity index is 1.85. The van der Waals surface area contributed by atoms with Crippen LogP contribution < -0.4 is 5.01 Å². The number of hydrogen-bond acceptors (Lipinski definition) is 4. The molecule has 0 unspecified atom stereocenters. The Labute approximate surface area is 157 Å². The molecule has 1 aromatic carbocycles. The summed E-state index contributed by atoms with van der Waals surface area (Å²) < 4.78 is 0. The van der Waals surface area contributed by atoms with Gasteiger partial charge in [-0.25, -0.2) is 5.01 Å². The molecule has 5 nitrogen and oxygen atoms in total. The van der Waals surface area contributed by atoms with Crippen LogP contribution in [0.1, 0.15) is 34.4 Å². The van der Waals surface area contributed by atoms with Gasteiger partial charge in [0.1, 0.15) is 5.71 Å². The molecule has 0 saturated heterocycles. The van der Waals surface area contributed by atoms with E-state index < -0.39 is 0 Å². The number of hydrazone groups is 1. The second-order valence-corrected chi connectivity index (χ2v) is 7.73. The minimum absolute atomic E-state index is 0.0768. The fourth-order valence-corrected chi connectivity index (χ4v) is 3.88. The van der Waals surface area contributed by atoms with Gasteiger partial charge in [0.15, 0.2) is 0 Å². The lowest BCUT2D eigenvalue weighted by molar-refractivity contribution is -0.123. The molecule has 1 aliphatic heterocycles. The van der Waals surface area contributed by atoms with Crippen molar-refractivity contribution in [1.82, 2.24) is 4.90 Å². The molecule has 0 radical (unpaired) electrons. The molecular formula is C20H23N3O2S.